The summed E-state index contributed by atoms with van der Waals surface area (Å²) in [6.45, 7) is 5.75. The van der Waals surface area contributed by atoms with E-state index in [1.54, 1.807) is 0 Å². The second kappa shape index (κ2) is 2.94. The minimum atomic E-state index is -0.280. The van der Waals surface area contributed by atoms with Gasteiger partial charge in [0.25, 0.3) is 0 Å². The van der Waals surface area contributed by atoms with Gasteiger partial charge in [0.2, 0.25) is 0 Å². The van der Waals surface area contributed by atoms with Crippen molar-refractivity contribution in [3.63, 3.8) is 0 Å². The SMILES string of the molecule is CC1CC(O)C(C)C(C)C1=O. The van der Waals surface area contributed by atoms with Crippen molar-refractivity contribution in [1.29, 1.82) is 0 Å². The van der Waals surface area contributed by atoms with Crippen molar-refractivity contribution in [2.75, 3.05) is 0 Å². The van der Waals surface area contributed by atoms with Gasteiger partial charge in [-0.25, -0.2) is 0 Å². The molecule has 0 aromatic rings. The molecule has 0 aromatic heterocycles. The largest absolute Gasteiger partial charge is 0.393 e. The van der Waals surface area contributed by atoms with E-state index in [1.165, 1.54) is 0 Å². The van der Waals surface area contributed by atoms with Crippen molar-refractivity contribution in [3.05, 3.63) is 0 Å². The van der Waals surface area contributed by atoms with Gasteiger partial charge < -0.3 is 5.11 Å². The van der Waals surface area contributed by atoms with Crippen LogP contribution in [0.5, 0.6) is 0 Å². The maximum atomic E-state index is 11.4. The molecule has 0 saturated heterocycles. The number of carbonyl (C=O) groups excluding carboxylic acids is 1. The van der Waals surface area contributed by atoms with Crippen LogP contribution in [-0.2, 0) is 4.79 Å². The van der Waals surface area contributed by atoms with Gasteiger partial charge >= 0.3 is 0 Å². The van der Waals surface area contributed by atoms with E-state index < -0.39 is 0 Å². The molecule has 0 spiro atoms. The van der Waals surface area contributed by atoms with E-state index in [4.69, 9.17) is 0 Å². The van der Waals surface area contributed by atoms with Gasteiger partial charge in [0, 0.05) is 11.8 Å². The Morgan fingerprint density at radius 1 is 1.36 bits per heavy atom. The van der Waals surface area contributed by atoms with E-state index in [0.29, 0.717) is 12.2 Å². The summed E-state index contributed by atoms with van der Waals surface area (Å²) in [6.07, 6.45) is 0.363. The first kappa shape index (κ1) is 8.72. The summed E-state index contributed by atoms with van der Waals surface area (Å²) >= 11 is 0. The van der Waals surface area contributed by atoms with E-state index in [9.17, 15) is 9.90 Å². The Labute approximate surface area is 67.6 Å². The molecule has 11 heavy (non-hydrogen) atoms. The topological polar surface area (TPSA) is 37.3 Å². The number of Topliss-reactive ketones (excluding diaryl/α,β-unsaturated/α-hetero) is 1. The second-order valence-corrected chi connectivity index (χ2v) is 3.75. The van der Waals surface area contributed by atoms with E-state index in [0.717, 1.165) is 0 Å². The van der Waals surface area contributed by atoms with Gasteiger partial charge in [0.15, 0.2) is 0 Å². The summed E-state index contributed by atoms with van der Waals surface area (Å²) in [5, 5.41) is 9.48. The maximum Gasteiger partial charge on any atom is 0.138 e. The van der Waals surface area contributed by atoms with Gasteiger partial charge in [0.1, 0.15) is 5.78 Å². The third-order valence-electron chi connectivity index (χ3n) is 2.93. The first-order chi connectivity index (χ1) is 5.04. The summed E-state index contributed by atoms with van der Waals surface area (Å²) in [5.41, 5.74) is 0. The number of aliphatic hydroxyl groups excluding tert-OH is 1. The lowest BCUT2D eigenvalue weighted by atomic mass is 9.74. The van der Waals surface area contributed by atoms with Crippen LogP contribution in [0.2, 0.25) is 0 Å². The monoisotopic (exact) mass is 156 g/mol. The number of hydrogen-bond acceptors (Lipinski definition) is 2. The molecule has 4 atom stereocenters. The molecule has 0 bridgehead atoms. The molecule has 0 heterocycles. The molecule has 0 amide bonds. The van der Waals surface area contributed by atoms with Crippen molar-refractivity contribution < 1.29 is 9.90 Å². The van der Waals surface area contributed by atoms with Crippen LogP contribution < -0.4 is 0 Å². The Hall–Kier alpha value is -0.370. The number of carbonyl (C=O) groups is 1. The average molecular weight is 156 g/mol. The van der Waals surface area contributed by atoms with Crippen LogP contribution in [0.1, 0.15) is 27.2 Å². The standard InChI is InChI=1S/C9H16O2/c1-5-4-8(10)6(2)7(3)9(5)11/h5-8,10H,4H2,1-3H3. The quantitative estimate of drug-likeness (QED) is 0.572. The fourth-order valence-corrected chi connectivity index (χ4v) is 1.73. The number of rotatable bonds is 0. The molecule has 1 N–H and O–H groups in total. The van der Waals surface area contributed by atoms with Gasteiger partial charge in [0.05, 0.1) is 6.10 Å². The summed E-state index contributed by atoms with van der Waals surface area (Å²) in [6, 6.07) is 0. The van der Waals surface area contributed by atoms with Gasteiger partial charge in [-0.2, -0.15) is 0 Å². The normalized spacial score (nSPS) is 46.0. The molecule has 4 unspecified atom stereocenters. The summed E-state index contributed by atoms with van der Waals surface area (Å²) < 4.78 is 0. The fourth-order valence-electron chi connectivity index (χ4n) is 1.73. The Kier molecular flexibility index (Phi) is 2.33. The van der Waals surface area contributed by atoms with E-state index in [1.807, 2.05) is 20.8 Å². The van der Waals surface area contributed by atoms with Gasteiger partial charge in [-0.1, -0.05) is 20.8 Å². The minimum Gasteiger partial charge on any atom is -0.393 e. The zero-order valence-corrected chi connectivity index (χ0v) is 7.37. The average Bonchev–Trinajstić information content (AvgIpc) is 1.97. The van der Waals surface area contributed by atoms with Crippen molar-refractivity contribution in [3.8, 4) is 0 Å². The highest BCUT2D eigenvalue weighted by atomic mass is 16.3. The van der Waals surface area contributed by atoms with Crippen molar-refractivity contribution >= 4 is 5.78 Å². The molecule has 1 rings (SSSR count). The van der Waals surface area contributed by atoms with Gasteiger partial charge in [-0.3, -0.25) is 4.79 Å². The molecular weight excluding hydrogens is 140 g/mol. The molecule has 2 nitrogen and oxygen atoms in total. The van der Waals surface area contributed by atoms with Crippen molar-refractivity contribution in [1.82, 2.24) is 0 Å². The molecule has 1 aliphatic rings. The summed E-state index contributed by atoms with van der Waals surface area (Å²) in [5.74, 6) is 0.534. The molecule has 2 heteroatoms. The molecular formula is C9H16O2. The highest BCUT2D eigenvalue weighted by molar-refractivity contribution is 5.83. The van der Waals surface area contributed by atoms with Crippen LogP contribution >= 0.6 is 0 Å². The zero-order chi connectivity index (χ0) is 8.59. The number of ketones is 1. The van der Waals surface area contributed by atoms with E-state index in [-0.39, 0.29) is 23.9 Å². The first-order valence-corrected chi connectivity index (χ1v) is 4.25. The lowest BCUT2D eigenvalue weighted by Crippen LogP contribution is -2.39. The van der Waals surface area contributed by atoms with Crippen LogP contribution in [-0.4, -0.2) is 17.0 Å². The van der Waals surface area contributed by atoms with Crippen LogP contribution in [0.4, 0.5) is 0 Å². The molecule has 0 radical (unpaired) electrons. The predicted molar refractivity (Wildman–Crippen MR) is 43.1 cm³/mol. The van der Waals surface area contributed by atoms with Crippen LogP contribution in [0.15, 0.2) is 0 Å². The van der Waals surface area contributed by atoms with Crippen LogP contribution in [0.3, 0.4) is 0 Å². The van der Waals surface area contributed by atoms with Gasteiger partial charge in [-0.05, 0) is 12.3 Å². The predicted octanol–water partition coefficient (Wildman–Crippen LogP) is 1.23. The Morgan fingerprint density at radius 3 is 2.45 bits per heavy atom. The number of hydrogen-bond donors (Lipinski definition) is 1. The molecule has 0 aliphatic heterocycles. The minimum absolute atomic E-state index is 0.0359. The summed E-state index contributed by atoms with van der Waals surface area (Å²) in [4.78, 5) is 11.4. The lowest BCUT2D eigenvalue weighted by Gasteiger charge is -2.33. The third kappa shape index (κ3) is 1.45. The van der Waals surface area contributed by atoms with E-state index >= 15 is 0 Å². The smallest absolute Gasteiger partial charge is 0.138 e. The molecule has 1 saturated carbocycles. The van der Waals surface area contributed by atoms with E-state index in [2.05, 4.69) is 0 Å². The molecule has 0 aromatic carbocycles. The number of aliphatic hydroxyl groups is 1. The molecule has 1 fully saturated rings. The third-order valence-corrected chi connectivity index (χ3v) is 2.93. The maximum absolute atomic E-state index is 11.4. The van der Waals surface area contributed by atoms with Gasteiger partial charge in [-0.15, -0.1) is 0 Å². The Morgan fingerprint density at radius 2 is 1.91 bits per heavy atom. The van der Waals surface area contributed by atoms with Crippen LogP contribution in [0, 0.1) is 17.8 Å². The Balaban J connectivity index is 2.70. The van der Waals surface area contributed by atoms with Crippen molar-refractivity contribution in [2.24, 2.45) is 17.8 Å². The fraction of sp³-hybridized carbons (Fsp3) is 0.889. The first-order valence-electron chi connectivity index (χ1n) is 4.25. The zero-order valence-electron chi connectivity index (χ0n) is 7.37. The second-order valence-electron chi connectivity index (χ2n) is 3.75. The highest BCUT2D eigenvalue weighted by Crippen LogP contribution is 2.30. The molecule has 1 aliphatic carbocycles. The highest BCUT2D eigenvalue weighted by Gasteiger charge is 2.35. The van der Waals surface area contributed by atoms with Crippen LogP contribution in [0.25, 0.3) is 0 Å². The van der Waals surface area contributed by atoms with Crippen molar-refractivity contribution in [2.45, 2.75) is 33.3 Å². The Bertz CT molecular complexity index is 165. The summed E-state index contributed by atoms with van der Waals surface area (Å²) in [7, 11) is 0. The molecule has 64 valence electrons. The lowest BCUT2D eigenvalue weighted by molar-refractivity contribution is -0.134.